The SMILES string of the molecule is CCOC(=O)CN(C(=O)[C@H](CSCc1ccccc1)NC(=O)CC[C@H](N)C(=O)OCC)c1ccccc1.Cl. The molecule has 2 amide bonds. The molecule has 0 aliphatic heterocycles. The van der Waals surface area contributed by atoms with Crippen molar-refractivity contribution in [3.8, 4) is 0 Å². The Hall–Kier alpha value is -3.08. The van der Waals surface area contributed by atoms with E-state index in [1.807, 2.05) is 30.3 Å². The maximum absolute atomic E-state index is 13.7. The van der Waals surface area contributed by atoms with Crippen molar-refractivity contribution in [2.24, 2.45) is 5.73 Å². The van der Waals surface area contributed by atoms with E-state index in [1.165, 1.54) is 16.7 Å². The highest BCUT2D eigenvalue weighted by Gasteiger charge is 2.29. The highest BCUT2D eigenvalue weighted by atomic mass is 35.5. The topological polar surface area (TPSA) is 128 Å². The number of rotatable bonds is 15. The Morgan fingerprint density at radius 2 is 1.55 bits per heavy atom. The van der Waals surface area contributed by atoms with Crippen LogP contribution in [-0.4, -0.2) is 61.3 Å². The van der Waals surface area contributed by atoms with Gasteiger partial charge in [-0.1, -0.05) is 48.5 Å². The molecule has 0 aliphatic rings. The number of amides is 2. The second-order valence-electron chi connectivity index (χ2n) is 8.08. The first-order valence-electron chi connectivity index (χ1n) is 12.2. The van der Waals surface area contributed by atoms with Crippen LogP contribution in [0.3, 0.4) is 0 Å². The summed E-state index contributed by atoms with van der Waals surface area (Å²) in [6.07, 6.45) is 0.0181. The molecule has 0 aromatic heterocycles. The van der Waals surface area contributed by atoms with Crippen molar-refractivity contribution in [2.75, 3.05) is 30.4 Å². The van der Waals surface area contributed by atoms with Crippen LogP contribution in [0.2, 0.25) is 0 Å². The normalized spacial score (nSPS) is 11.9. The Balaban J connectivity index is 0.00000722. The van der Waals surface area contributed by atoms with E-state index in [-0.39, 0.29) is 50.8 Å². The minimum atomic E-state index is -0.933. The molecule has 0 saturated heterocycles. The molecule has 0 heterocycles. The minimum absolute atomic E-state index is 0. The largest absolute Gasteiger partial charge is 0.465 e. The third kappa shape index (κ3) is 11.5. The van der Waals surface area contributed by atoms with E-state index >= 15 is 0 Å². The maximum Gasteiger partial charge on any atom is 0.326 e. The molecule has 2 aromatic rings. The van der Waals surface area contributed by atoms with Gasteiger partial charge in [-0.05, 0) is 38.0 Å². The molecule has 38 heavy (non-hydrogen) atoms. The molecule has 0 saturated carbocycles. The lowest BCUT2D eigenvalue weighted by molar-refractivity contribution is -0.145. The number of benzene rings is 2. The summed E-state index contributed by atoms with van der Waals surface area (Å²) in [5.74, 6) is -1.09. The van der Waals surface area contributed by atoms with Gasteiger partial charge < -0.3 is 20.5 Å². The summed E-state index contributed by atoms with van der Waals surface area (Å²) in [5.41, 5.74) is 7.40. The summed E-state index contributed by atoms with van der Waals surface area (Å²) in [7, 11) is 0. The van der Waals surface area contributed by atoms with Crippen LogP contribution < -0.4 is 16.0 Å². The number of nitrogens with two attached hydrogens (primary N) is 1. The number of hydrogen-bond acceptors (Lipinski definition) is 8. The van der Waals surface area contributed by atoms with Gasteiger partial charge >= 0.3 is 11.9 Å². The average molecular weight is 566 g/mol. The van der Waals surface area contributed by atoms with Crippen molar-refractivity contribution in [1.29, 1.82) is 0 Å². The van der Waals surface area contributed by atoms with Crippen LogP contribution in [-0.2, 0) is 34.4 Å². The van der Waals surface area contributed by atoms with Crippen molar-refractivity contribution >= 4 is 53.6 Å². The Morgan fingerprint density at radius 1 is 0.947 bits per heavy atom. The second-order valence-corrected chi connectivity index (χ2v) is 9.11. The van der Waals surface area contributed by atoms with Gasteiger partial charge in [0.25, 0.3) is 5.91 Å². The molecule has 2 rings (SSSR count). The van der Waals surface area contributed by atoms with E-state index in [4.69, 9.17) is 15.2 Å². The molecule has 0 bridgehead atoms. The van der Waals surface area contributed by atoms with Gasteiger partial charge in [-0.15, -0.1) is 12.4 Å². The van der Waals surface area contributed by atoms with Crippen LogP contribution in [0.25, 0.3) is 0 Å². The first kappa shape index (κ1) is 32.9. The number of halogens is 1. The molecule has 0 fully saturated rings. The lowest BCUT2D eigenvalue weighted by atomic mass is 10.1. The van der Waals surface area contributed by atoms with Crippen molar-refractivity contribution in [1.82, 2.24) is 5.32 Å². The van der Waals surface area contributed by atoms with Crippen LogP contribution in [0.15, 0.2) is 60.7 Å². The first-order valence-corrected chi connectivity index (χ1v) is 13.4. The van der Waals surface area contributed by atoms with Crippen molar-refractivity contribution in [2.45, 2.75) is 44.5 Å². The van der Waals surface area contributed by atoms with Gasteiger partial charge in [-0.25, -0.2) is 0 Å². The zero-order valence-electron chi connectivity index (χ0n) is 21.7. The number of para-hydroxylation sites is 1. The summed E-state index contributed by atoms with van der Waals surface area (Å²) in [6.45, 7) is 3.46. The summed E-state index contributed by atoms with van der Waals surface area (Å²) in [5, 5.41) is 2.77. The summed E-state index contributed by atoms with van der Waals surface area (Å²) < 4.78 is 9.95. The fourth-order valence-corrected chi connectivity index (χ4v) is 4.40. The fraction of sp³-hybridized carbons (Fsp3) is 0.407. The molecule has 11 heteroatoms. The molecule has 208 valence electrons. The van der Waals surface area contributed by atoms with Crippen LogP contribution in [0.4, 0.5) is 5.69 Å². The smallest absolute Gasteiger partial charge is 0.326 e. The number of esters is 2. The van der Waals surface area contributed by atoms with Gasteiger partial charge in [0.15, 0.2) is 0 Å². The number of thioether (sulfide) groups is 1. The predicted octanol–water partition coefficient (Wildman–Crippen LogP) is 3.09. The second kappa shape index (κ2) is 18.2. The lowest BCUT2D eigenvalue weighted by Gasteiger charge is -2.27. The quantitative estimate of drug-likeness (QED) is 0.315. The van der Waals surface area contributed by atoms with Crippen molar-refractivity contribution in [3.05, 3.63) is 66.2 Å². The van der Waals surface area contributed by atoms with Crippen LogP contribution in [0.5, 0.6) is 0 Å². The number of nitrogens with zero attached hydrogens (tertiary/aromatic N) is 1. The first-order chi connectivity index (χ1) is 17.8. The Morgan fingerprint density at radius 3 is 2.16 bits per heavy atom. The molecule has 0 radical (unpaired) electrons. The molecular formula is C27H36ClN3O6S. The molecule has 2 aromatic carbocycles. The average Bonchev–Trinajstić information content (AvgIpc) is 2.90. The van der Waals surface area contributed by atoms with Gasteiger partial charge in [0.2, 0.25) is 5.91 Å². The Kier molecular flexibility index (Phi) is 15.8. The Labute approximate surface area is 234 Å². The van der Waals surface area contributed by atoms with Crippen LogP contribution in [0, 0.1) is 0 Å². The highest BCUT2D eigenvalue weighted by molar-refractivity contribution is 7.98. The van der Waals surface area contributed by atoms with E-state index in [1.54, 1.807) is 44.2 Å². The van der Waals surface area contributed by atoms with Gasteiger partial charge in [-0.3, -0.25) is 24.1 Å². The summed E-state index contributed by atoms with van der Waals surface area (Å²) in [4.78, 5) is 51.9. The standard InChI is InChI=1S/C27H35N3O6S.ClH/c1-3-35-25(32)17-30(21-13-9-6-10-14-21)26(33)23(19-37-18-20-11-7-5-8-12-20)29-24(31)16-15-22(28)27(34)36-4-2;/h5-14,22-23H,3-4,15-19,28H2,1-2H3,(H,29,31);1H/t22-,23-;/m0./s1. The third-order valence-electron chi connectivity index (χ3n) is 5.23. The van der Waals surface area contributed by atoms with Crippen LogP contribution >= 0.6 is 24.2 Å². The number of carbonyl (C=O) groups is 4. The van der Waals surface area contributed by atoms with Gasteiger partial charge in [0, 0.05) is 23.6 Å². The zero-order valence-corrected chi connectivity index (χ0v) is 23.3. The van der Waals surface area contributed by atoms with Crippen LogP contribution in [0.1, 0.15) is 32.3 Å². The Bertz CT molecular complexity index is 1010. The number of nitrogens with one attached hydrogen (secondary N) is 1. The molecule has 0 unspecified atom stereocenters. The predicted molar refractivity (Wildman–Crippen MR) is 151 cm³/mol. The van der Waals surface area contributed by atoms with Crippen molar-refractivity contribution < 1.29 is 28.7 Å². The number of ether oxygens (including phenoxy) is 2. The van der Waals surface area contributed by atoms with E-state index < -0.39 is 35.8 Å². The van der Waals surface area contributed by atoms with Crippen molar-refractivity contribution in [3.63, 3.8) is 0 Å². The summed E-state index contributed by atoms with van der Waals surface area (Å²) >= 11 is 1.49. The lowest BCUT2D eigenvalue weighted by Crippen LogP contribution is -2.52. The zero-order chi connectivity index (χ0) is 27.0. The minimum Gasteiger partial charge on any atom is -0.465 e. The third-order valence-corrected chi connectivity index (χ3v) is 6.33. The highest BCUT2D eigenvalue weighted by Crippen LogP contribution is 2.18. The van der Waals surface area contributed by atoms with E-state index in [0.717, 1.165) is 5.56 Å². The number of hydrogen-bond donors (Lipinski definition) is 2. The number of carbonyl (C=O) groups excluding carboxylic acids is 4. The monoisotopic (exact) mass is 565 g/mol. The molecule has 3 N–H and O–H groups in total. The van der Waals surface area contributed by atoms with E-state index in [0.29, 0.717) is 11.4 Å². The number of anilines is 1. The molecule has 0 aliphatic carbocycles. The van der Waals surface area contributed by atoms with E-state index in [9.17, 15) is 19.2 Å². The molecule has 0 spiro atoms. The van der Waals surface area contributed by atoms with E-state index in [2.05, 4.69) is 5.32 Å². The molecular weight excluding hydrogens is 530 g/mol. The van der Waals surface area contributed by atoms with Gasteiger partial charge in [-0.2, -0.15) is 11.8 Å². The van der Waals surface area contributed by atoms with Gasteiger partial charge in [0.1, 0.15) is 18.6 Å². The molecule has 9 nitrogen and oxygen atoms in total. The summed E-state index contributed by atoms with van der Waals surface area (Å²) in [6, 6.07) is 16.7. The van der Waals surface area contributed by atoms with Gasteiger partial charge in [0.05, 0.1) is 13.2 Å². The maximum atomic E-state index is 13.7. The molecule has 2 atom stereocenters. The fourth-order valence-electron chi connectivity index (χ4n) is 3.39.